The Hall–Kier alpha value is -2.64. The van der Waals surface area contributed by atoms with Gasteiger partial charge in [0.2, 0.25) is 0 Å². The SMILES string of the molecule is CCCCCCCOC(=O)c1cnc(C(=O)NCC(=O)OCCCC)c(OC)c1. The topological polar surface area (TPSA) is 104 Å². The maximum absolute atomic E-state index is 12.3. The van der Waals surface area contributed by atoms with Gasteiger partial charge in [-0.2, -0.15) is 0 Å². The third-order valence-electron chi connectivity index (χ3n) is 4.16. The Kier molecular flexibility index (Phi) is 12.1. The first-order chi connectivity index (χ1) is 14.0. The third-order valence-corrected chi connectivity index (χ3v) is 4.16. The van der Waals surface area contributed by atoms with Crippen molar-refractivity contribution in [2.24, 2.45) is 0 Å². The number of methoxy groups -OCH3 is 1. The minimum atomic E-state index is -0.592. The summed E-state index contributed by atoms with van der Waals surface area (Å²) in [6.07, 6.45) is 8.23. The summed E-state index contributed by atoms with van der Waals surface area (Å²) >= 11 is 0. The average molecular weight is 408 g/mol. The highest BCUT2D eigenvalue weighted by Gasteiger charge is 2.18. The molecule has 1 aromatic heterocycles. The smallest absolute Gasteiger partial charge is 0.339 e. The normalized spacial score (nSPS) is 10.3. The van der Waals surface area contributed by atoms with Crippen molar-refractivity contribution in [2.75, 3.05) is 26.9 Å². The van der Waals surface area contributed by atoms with Crippen LogP contribution >= 0.6 is 0 Å². The van der Waals surface area contributed by atoms with Crippen LogP contribution in [0.3, 0.4) is 0 Å². The van der Waals surface area contributed by atoms with E-state index >= 15 is 0 Å². The van der Waals surface area contributed by atoms with Gasteiger partial charge in [0.05, 0.1) is 25.9 Å². The van der Waals surface area contributed by atoms with E-state index in [1.807, 2.05) is 6.92 Å². The van der Waals surface area contributed by atoms with Crippen molar-refractivity contribution in [1.82, 2.24) is 10.3 Å². The molecule has 0 saturated heterocycles. The predicted octanol–water partition coefficient (Wildman–Crippen LogP) is 3.29. The van der Waals surface area contributed by atoms with Crippen molar-refractivity contribution in [3.05, 3.63) is 23.5 Å². The molecule has 0 spiro atoms. The third kappa shape index (κ3) is 9.40. The van der Waals surface area contributed by atoms with Crippen LogP contribution in [0.4, 0.5) is 0 Å². The lowest BCUT2D eigenvalue weighted by molar-refractivity contribution is -0.142. The average Bonchev–Trinajstić information content (AvgIpc) is 2.74. The zero-order valence-corrected chi connectivity index (χ0v) is 17.6. The van der Waals surface area contributed by atoms with E-state index in [9.17, 15) is 14.4 Å². The molecule has 0 aliphatic heterocycles. The first kappa shape index (κ1) is 24.4. The van der Waals surface area contributed by atoms with Gasteiger partial charge in [0.1, 0.15) is 6.54 Å². The van der Waals surface area contributed by atoms with Gasteiger partial charge in [-0.3, -0.25) is 9.59 Å². The van der Waals surface area contributed by atoms with E-state index in [4.69, 9.17) is 14.2 Å². The molecule has 1 N–H and O–H groups in total. The van der Waals surface area contributed by atoms with Gasteiger partial charge in [0, 0.05) is 6.20 Å². The Bertz CT molecular complexity index is 663. The molecule has 0 aromatic carbocycles. The lowest BCUT2D eigenvalue weighted by Crippen LogP contribution is -2.31. The summed E-state index contributed by atoms with van der Waals surface area (Å²) in [6, 6.07) is 1.40. The van der Waals surface area contributed by atoms with Crippen LogP contribution in [-0.2, 0) is 14.3 Å². The van der Waals surface area contributed by atoms with Crippen molar-refractivity contribution >= 4 is 17.8 Å². The van der Waals surface area contributed by atoms with Crippen LogP contribution < -0.4 is 10.1 Å². The number of unbranched alkanes of at least 4 members (excludes halogenated alkanes) is 5. The number of pyridine rings is 1. The van der Waals surface area contributed by atoms with Crippen LogP contribution in [0.1, 0.15) is 79.6 Å². The summed E-state index contributed by atoms with van der Waals surface area (Å²) in [4.78, 5) is 40.0. The number of ether oxygens (including phenoxy) is 3. The largest absolute Gasteiger partial charge is 0.494 e. The van der Waals surface area contributed by atoms with Gasteiger partial charge in [-0.25, -0.2) is 9.78 Å². The lowest BCUT2D eigenvalue weighted by atomic mass is 10.2. The van der Waals surface area contributed by atoms with Gasteiger partial charge in [-0.15, -0.1) is 0 Å². The fourth-order valence-corrected chi connectivity index (χ4v) is 2.45. The van der Waals surface area contributed by atoms with E-state index < -0.39 is 17.8 Å². The highest BCUT2D eigenvalue weighted by atomic mass is 16.5. The predicted molar refractivity (Wildman–Crippen MR) is 108 cm³/mol. The number of hydrogen-bond acceptors (Lipinski definition) is 7. The number of nitrogens with zero attached hydrogens (tertiary/aromatic N) is 1. The Balaban J connectivity index is 2.56. The highest BCUT2D eigenvalue weighted by molar-refractivity contribution is 5.98. The maximum Gasteiger partial charge on any atom is 0.339 e. The number of carbonyl (C=O) groups excluding carboxylic acids is 3. The summed E-state index contributed by atoms with van der Waals surface area (Å²) in [5.74, 6) is -1.51. The van der Waals surface area contributed by atoms with E-state index in [1.54, 1.807) is 0 Å². The molecule has 162 valence electrons. The molecule has 0 radical (unpaired) electrons. The lowest BCUT2D eigenvalue weighted by Gasteiger charge is -2.10. The minimum Gasteiger partial charge on any atom is -0.494 e. The van der Waals surface area contributed by atoms with Crippen molar-refractivity contribution in [2.45, 2.75) is 58.8 Å². The molecule has 0 bridgehead atoms. The molecule has 0 aliphatic carbocycles. The fraction of sp³-hybridized carbons (Fsp3) is 0.619. The second kappa shape index (κ2) is 14.4. The van der Waals surface area contributed by atoms with E-state index in [-0.39, 0.29) is 23.6 Å². The molecule has 8 heteroatoms. The number of nitrogens with one attached hydrogen (secondary N) is 1. The standard InChI is InChI=1S/C21H32N2O6/c1-4-6-8-9-10-12-29-21(26)16-13-17(27-3)19(22-14-16)20(25)23-15-18(24)28-11-7-5-2/h13-14H,4-12,15H2,1-3H3,(H,23,25). The second-order valence-electron chi connectivity index (χ2n) is 6.58. The summed E-state index contributed by atoms with van der Waals surface area (Å²) < 4.78 is 15.4. The first-order valence-electron chi connectivity index (χ1n) is 10.2. The van der Waals surface area contributed by atoms with E-state index in [2.05, 4.69) is 17.2 Å². The van der Waals surface area contributed by atoms with Gasteiger partial charge in [0.15, 0.2) is 11.4 Å². The van der Waals surface area contributed by atoms with Gasteiger partial charge in [-0.05, 0) is 18.9 Å². The number of amides is 1. The minimum absolute atomic E-state index is 0.0232. The van der Waals surface area contributed by atoms with E-state index in [0.717, 1.165) is 38.5 Å². The molecular weight excluding hydrogens is 376 g/mol. The molecule has 1 amide bonds. The summed E-state index contributed by atoms with van der Waals surface area (Å²) in [5, 5.41) is 2.44. The molecule has 1 rings (SSSR count). The second-order valence-corrected chi connectivity index (χ2v) is 6.58. The number of rotatable bonds is 14. The van der Waals surface area contributed by atoms with Gasteiger partial charge in [-0.1, -0.05) is 46.0 Å². The zero-order valence-electron chi connectivity index (χ0n) is 17.6. The molecular formula is C21H32N2O6. The van der Waals surface area contributed by atoms with Crippen LogP contribution in [-0.4, -0.2) is 49.7 Å². The quantitative estimate of drug-likeness (QED) is 0.372. The zero-order chi connectivity index (χ0) is 21.5. The Morgan fingerprint density at radius 1 is 0.966 bits per heavy atom. The number of esters is 2. The van der Waals surface area contributed by atoms with Crippen molar-refractivity contribution < 1.29 is 28.6 Å². The molecule has 0 aliphatic rings. The van der Waals surface area contributed by atoms with Crippen LogP contribution in [0.15, 0.2) is 12.3 Å². The molecule has 0 fully saturated rings. The van der Waals surface area contributed by atoms with Crippen LogP contribution in [0, 0.1) is 0 Å². The molecule has 29 heavy (non-hydrogen) atoms. The number of carbonyl (C=O) groups is 3. The van der Waals surface area contributed by atoms with Gasteiger partial charge >= 0.3 is 11.9 Å². The Morgan fingerprint density at radius 2 is 1.66 bits per heavy atom. The molecule has 0 atom stereocenters. The number of hydrogen-bond donors (Lipinski definition) is 1. The summed E-state index contributed by atoms with van der Waals surface area (Å²) in [7, 11) is 1.37. The van der Waals surface area contributed by atoms with Gasteiger partial charge < -0.3 is 19.5 Å². The fourth-order valence-electron chi connectivity index (χ4n) is 2.45. The van der Waals surface area contributed by atoms with E-state index in [0.29, 0.717) is 13.2 Å². The molecule has 1 aromatic rings. The van der Waals surface area contributed by atoms with E-state index in [1.165, 1.54) is 25.8 Å². The number of aromatic nitrogens is 1. The highest BCUT2D eigenvalue weighted by Crippen LogP contribution is 2.18. The Labute approximate surface area is 172 Å². The molecule has 0 saturated carbocycles. The molecule has 1 heterocycles. The monoisotopic (exact) mass is 408 g/mol. The molecule has 0 unspecified atom stereocenters. The summed E-state index contributed by atoms with van der Waals surface area (Å²) in [6.45, 7) is 4.52. The maximum atomic E-state index is 12.3. The van der Waals surface area contributed by atoms with Crippen molar-refractivity contribution in [3.63, 3.8) is 0 Å². The summed E-state index contributed by atoms with van der Waals surface area (Å²) in [5.41, 5.74) is 0.177. The molecule has 8 nitrogen and oxygen atoms in total. The van der Waals surface area contributed by atoms with Gasteiger partial charge in [0.25, 0.3) is 5.91 Å². The first-order valence-corrected chi connectivity index (χ1v) is 10.2. The van der Waals surface area contributed by atoms with Crippen LogP contribution in [0.25, 0.3) is 0 Å². The Morgan fingerprint density at radius 3 is 2.34 bits per heavy atom. The van der Waals surface area contributed by atoms with Crippen LogP contribution in [0.2, 0.25) is 0 Å². The van der Waals surface area contributed by atoms with Crippen molar-refractivity contribution in [3.8, 4) is 5.75 Å². The van der Waals surface area contributed by atoms with Crippen LogP contribution in [0.5, 0.6) is 5.75 Å². The van der Waals surface area contributed by atoms with Crippen molar-refractivity contribution in [1.29, 1.82) is 0 Å².